The second-order valence-corrected chi connectivity index (χ2v) is 6.56. The van der Waals surface area contributed by atoms with Crippen LogP contribution >= 0.6 is 0 Å². The van der Waals surface area contributed by atoms with E-state index in [-0.39, 0.29) is 17.5 Å². The van der Waals surface area contributed by atoms with Gasteiger partial charge in [0, 0.05) is 17.0 Å². The third-order valence-corrected chi connectivity index (χ3v) is 5.02. The molecular formula is C21H20N2O4. The van der Waals surface area contributed by atoms with Gasteiger partial charge >= 0.3 is 0 Å². The minimum Gasteiger partial charge on any atom is -0.493 e. The molecule has 27 heavy (non-hydrogen) atoms. The molecule has 0 aliphatic heterocycles. The van der Waals surface area contributed by atoms with Gasteiger partial charge < -0.3 is 19.8 Å². The second-order valence-electron chi connectivity index (χ2n) is 6.56. The van der Waals surface area contributed by atoms with Crippen LogP contribution in [-0.4, -0.2) is 25.1 Å². The SMILES string of the molecule is COc1cc2c(cc1OC)[C@@H](NC(=O)c1cc(=O)[nH]c3ccccc13)CC2. The number of para-hydroxylation sites is 1. The van der Waals surface area contributed by atoms with Gasteiger partial charge in [-0.2, -0.15) is 0 Å². The number of methoxy groups -OCH3 is 2. The van der Waals surface area contributed by atoms with Crippen molar-refractivity contribution in [1.29, 1.82) is 0 Å². The van der Waals surface area contributed by atoms with Gasteiger partial charge in [0.25, 0.3) is 5.91 Å². The summed E-state index contributed by atoms with van der Waals surface area (Å²) in [4.78, 5) is 27.6. The van der Waals surface area contributed by atoms with E-state index in [4.69, 9.17) is 9.47 Å². The maximum Gasteiger partial charge on any atom is 0.252 e. The van der Waals surface area contributed by atoms with Gasteiger partial charge in [-0.05, 0) is 42.2 Å². The van der Waals surface area contributed by atoms with Crippen molar-refractivity contribution in [2.24, 2.45) is 0 Å². The number of aromatic amines is 1. The second kappa shape index (κ2) is 6.79. The fourth-order valence-electron chi connectivity index (χ4n) is 3.71. The number of carbonyl (C=O) groups excluding carboxylic acids is 1. The molecule has 6 heteroatoms. The number of nitrogens with one attached hydrogen (secondary N) is 2. The van der Waals surface area contributed by atoms with Gasteiger partial charge in [-0.1, -0.05) is 18.2 Å². The molecular weight excluding hydrogens is 344 g/mol. The number of carbonyl (C=O) groups is 1. The summed E-state index contributed by atoms with van der Waals surface area (Å²) in [7, 11) is 3.20. The molecule has 1 atom stereocenters. The lowest BCUT2D eigenvalue weighted by molar-refractivity contribution is 0.0938. The third-order valence-electron chi connectivity index (χ3n) is 5.02. The summed E-state index contributed by atoms with van der Waals surface area (Å²) in [6.45, 7) is 0. The molecule has 1 aliphatic rings. The Bertz CT molecular complexity index is 1090. The van der Waals surface area contributed by atoms with E-state index in [0.717, 1.165) is 29.4 Å². The Kier molecular flexibility index (Phi) is 4.32. The highest BCUT2D eigenvalue weighted by molar-refractivity contribution is 6.06. The Morgan fingerprint density at radius 1 is 1.11 bits per heavy atom. The van der Waals surface area contributed by atoms with Crippen LogP contribution in [0.15, 0.2) is 47.3 Å². The lowest BCUT2D eigenvalue weighted by Gasteiger charge is -2.17. The molecule has 138 valence electrons. The molecule has 0 saturated heterocycles. The van der Waals surface area contributed by atoms with Crippen molar-refractivity contribution in [2.75, 3.05) is 14.2 Å². The van der Waals surface area contributed by atoms with Crippen LogP contribution in [0, 0.1) is 0 Å². The highest BCUT2D eigenvalue weighted by Crippen LogP contribution is 2.39. The van der Waals surface area contributed by atoms with Gasteiger partial charge in [-0.3, -0.25) is 9.59 Å². The highest BCUT2D eigenvalue weighted by Gasteiger charge is 2.27. The lowest BCUT2D eigenvalue weighted by Crippen LogP contribution is -2.28. The molecule has 0 spiro atoms. The molecule has 6 nitrogen and oxygen atoms in total. The lowest BCUT2D eigenvalue weighted by atomic mass is 10.0. The van der Waals surface area contributed by atoms with Crippen LogP contribution in [0.2, 0.25) is 0 Å². The van der Waals surface area contributed by atoms with E-state index in [1.165, 1.54) is 6.07 Å². The first-order valence-electron chi connectivity index (χ1n) is 8.78. The Morgan fingerprint density at radius 2 is 1.85 bits per heavy atom. The van der Waals surface area contributed by atoms with Crippen molar-refractivity contribution in [3.63, 3.8) is 0 Å². The molecule has 0 saturated carbocycles. The summed E-state index contributed by atoms with van der Waals surface area (Å²) < 4.78 is 10.7. The minimum absolute atomic E-state index is 0.134. The van der Waals surface area contributed by atoms with E-state index in [1.807, 2.05) is 30.3 Å². The molecule has 0 bridgehead atoms. The van der Waals surface area contributed by atoms with Crippen molar-refractivity contribution < 1.29 is 14.3 Å². The van der Waals surface area contributed by atoms with Gasteiger partial charge in [-0.15, -0.1) is 0 Å². The standard InChI is InChI=1S/C21H20N2O4/c1-26-18-9-12-7-8-17(14(12)10-19(18)27-2)23-21(25)15-11-20(24)22-16-6-4-3-5-13(15)16/h3-6,9-11,17H,7-8H2,1-2H3,(H,22,24)(H,23,25)/t17-/m0/s1. The number of hydrogen-bond donors (Lipinski definition) is 2. The van der Waals surface area contributed by atoms with Gasteiger partial charge in [0.05, 0.1) is 25.8 Å². The minimum atomic E-state index is -0.294. The maximum atomic E-state index is 12.9. The molecule has 1 aliphatic carbocycles. The first kappa shape index (κ1) is 17.1. The number of hydrogen-bond acceptors (Lipinski definition) is 4. The van der Waals surface area contributed by atoms with Crippen molar-refractivity contribution in [3.05, 3.63) is 69.5 Å². The molecule has 1 amide bonds. The van der Waals surface area contributed by atoms with E-state index in [1.54, 1.807) is 20.3 Å². The number of pyridine rings is 1. The van der Waals surface area contributed by atoms with Gasteiger partial charge in [0.2, 0.25) is 5.56 Å². The summed E-state index contributed by atoms with van der Waals surface area (Å²) in [6.07, 6.45) is 1.63. The zero-order chi connectivity index (χ0) is 19.0. The van der Waals surface area contributed by atoms with Gasteiger partial charge in [0.15, 0.2) is 11.5 Å². The number of benzene rings is 2. The summed E-state index contributed by atoms with van der Waals surface area (Å²) in [6, 6.07) is 12.4. The summed E-state index contributed by atoms with van der Waals surface area (Å²) in [5.74, 6) is 1.06. The maximum absolute atomic E-state index is 12.9. The van der Waals surface area contributed by atoms with Crippen LogP contribution in [0.4, 0.5) is 0 Å². The van der Waals surface area contributed by atoms with Gasteiger partial charge in [0.1, 0.15) is 0 Å². The Hall–Kier alpha value is -3.28. The van der Waals surface area contributed by atoms with Crippen molar-refractivity contribution in [2.45, 2.75) is 18.9 Å². The molecule has 1 heterocycles. The first-order valence-corrected chi connectivity index (χ1v) is 8.78. The molecule has 3 aromatic rings. The monoisotopic (exact) mass is 364 g/mol. The fourth-order valence-corrected chi connectivity index (χ4v) is 3.71. The Balaban J connectivity index is 1.68. The van der Waals surface area contributed by atoms with Crippen molar-refractivity contribution in [3.8, 4) is 11.5 Å². The van der Waals surface area contributed by atoms with Crippen molar-refractivity contribution in [1.82, 2.24) is 10.3 Å². The number of aromatic nitrogens is 1. The predicted molar refractivity (Wildman–Crippen MR) is 103 cm³/mol. The first-order chi connectivity index (χ1) is 13.1. The van der Waals surface area contributed by atoms with Crippen LogP contribution < -0.4 is 20.3 Å². The molecule has 2 aromatic carbocycles. The van der Waals surface area contributed by atoms with E-state index in [9.17, 15) is 9.59 Å². The number of ether oxygens (including phenoxy) is 2. The fraction of sp³-hybridized carbons (Fsp3) is 0.238. The average molecular weight is 364 g/mol. The summed E-state index contributed by atoms with van der Waals surface area (Å²) >= 11 is 0. The number of H-pyrrole nitrogens is 1. The number of aryl methyl sites for hydroxylation is 1. The molecule has 0 radical (unpaired) electrons. The summed E-state index contributed by atoms with van der Waals surface area (Å²) in [5, 5.41) is 3.79. The quantitative estimate of drug-likeness (QED) is 0.746. The van der Waals surface area contributed by atoms with Crippen LogP contribution in [-0.2, 0) is 6.42 Å². The topological polar surface area (TPSA) is 80.4 Å². The van der Waals surface area contributed by atoms with E-state index in [0.29, 0.717) is 22.6 Å². The Labute approximate surface area is 156 Å². The van der Waals surface area contributed by atoms with E-state index in [2.05, 4.69) is 10.3 Å². The van der Waals surface area contributed by atoms with Gasteiger partial charge in [-0.25, -0.2) is 0 Å². The molecule has 0 fully saturated rings. The number of amides is 1. The molecule has 1 aromatic heterocycles. The van der Waals surface area contributed by atoms with E-state index < -0.39 is 0 Å². The van der Waals surface area contributed by atoms with Crippen LogP contribution in [0.1, 0.15) is 33.9 Å². The smallest absolute Gasteiger partial charge is 0.252 e. The third kappa shape index (κ3) is 3.03. The van der Waals surface area contributed by atoms with Crippen molar-refractivity contribution >= 4 is 16.8 Å². The average Bonchev–Trinajstić information content (AvgIpc) is 3.07. The van der Waals surface area contributed by atoms with Crippen LogP contribution in [0.5, 0.6) is 11.5 Å². The van der Waals surface area contributed by atoms with E-state index >= 15 is 0 Å². The van der Waals surface area contributed by atoms with Crippen LogP contribution in [0.3, 0.4) is 0 Å². The highest BCUT2D eigenvalue weighted by atomic mass is 16.5. The van der Waals surface area contributed by atoms with Crippen LogP contribution in [0.25, 0.3) is 10.9 Å². The normalized spacial score (nSPS) is 15.4. The number of rotatable bonds is 4. The molecule has 4 rings (SSSR count). The summed E-state index contributed by atoms with van der Waals surface area (Å²) in [5.41, 5.74) is 2.89. The largest absolute Gasteiger partial charge is 0.493 e. The zero-order valence-electron chi connectivity index (χ0n) is 15.2. The Morgan fingerprint density at radius 3 is 2.63 bits per heavy atom. The number of fused-ring (bicyclic) bond motifs is 2. The molecule has 0 unspecified atom stereocenters. The molecule has 2 N–H and O–H groups in total. The predicted octanol–water partition coefficient (Wildman–Crippen LogP) is 2.96. The zero-order valence-corrected chi connectivity index (χ0v) is 15.2.